The first kappa shape index (κ1) is 17.3. The predicted molar refractivity (Wildman–Crippen MR) is 81.6 cm³/mol. The molecular weight excluding hydrogens is 329 g/mol. The summed E-state index contributed by atoms with van der Waals surface area (Å²) >= 11 is 5.63. The van der Waals surface area contributed by atoms with Crippen molar-refractivity contribution in [3.8, 4) is 0 Å². The molecule has 23 heavy (non-hydrogen) atoms. The van der Waals surface area contributed by atoms with E-state index >= 15 is 0 Å². The van der Waals surface area contributed by atoms with Crippen molar-refractivity contribution in [2.75, 3.05) is 11.9 Å². The molecule has 1 amide bonds. The van der Waals surface area contributed by atoms with E-state index in [1.165, 1.54) is 18.2 Å². The van der Waals surface area contributed by atoms with Crippen molar-refractivity contribution in [1.29, 1.82) is 0 Å². The highest BCUT2D eigenvalue weighted by molar-refractivity contribution is 6.31. The largest absolute Gasteiger partial charge is 0.333 e. The first-order chi connectivity index (χ1) is 10.9. The summed E-state index contributed by atoms with van der Waals surface area (Å²) in [5.74, 6) is -2.72. The van der Waals surface area contributed by atoms with Gasteiger partial charge >= 0.3 is 0 Å². The molecule has 0 heterocycles. The molecule has 2 rings (SSSR count). The van der Waals surface area contributed by atoms with E-state index in [4.69, 9.17) is 11.6 Å². The minimum absolute atomic E-state index is 0.0646. The van der Waals surface area contributed by atoms with Crippen LogP contribution >= 0.6 is 11.6 Å². The number of nitrogens with two attached hydrogens (primary N) is 1. The molecule has 0 aliphatic carbocycles. The SMILES string of the molecule is C[C@H]([NH2+]CC(=O)Nc1ccc(F)c(Cl)c1)c1ccc(F)c(F)c1. The molecule has 122 valence electrons. The Kier molecular flexibility index (Phi) is 5.63. The Labute approximate surface area is 136 Å². The summed E-state index contributed by atoms with van der Waals surface area (Å²) < 4.78 is 39.1. The number of carbonyl (C=O) groups excluding carboxylic acids is 1. The zero-order valence-corrected chi connectivity index (χ0v) is 13.0. The highest BCUT2D eigenvalue weighted by atomic mass is 35.5. The van der Waals surface area contributed by atoms with Crippen LogP contribution in [0.3, 0.4) is 0 Å². The maximum absolute atomic E-state index is 13.2. The molecule has 0 radical (unpaired) electrons. The molecule has 0 aliphatic rings. The second-order valence-corrected chi connectivity index (χ2v) is 5.49. The van der Waals surface area contributed by atoms with E-state index < -0.39 is 17.5 Å². The van der Waals surface area contributed by atoms with E-state index in [1.54, 1.807) is 12.2 Å². The quantitative estimate of drug-likeness (QED) is 0.861. The summed E-state index contributed by atoms with van der Waals surface area (Å²) in [6, 6.07) is 7.27. The van der Waals surface area contributed by atoms with Crippen LogP contribution in [0.15, 0.2) is 36.4 Å². The second kappa shape index (κ2) is 7.48. The molecule has 0 bridgehead atoms. The number of nitrogens with one attached hydrogen (secondary N) is 1. The number of hydrogen-bond donors (Lipinski definition) is 2. The van der Waals surface area contributed by atoms with Gasteiger partial charge in [0.25, 0.3) is 5.91 Å². The normalized spacial score (nSPS) is 12.0. The minimum atomic E-state index is -0.923. The topological polar surface area (TPSA) is 45.7 Å². The van der Waals surface area contributed by atoms with Gasteiger partial charge in [0.15, 0.2) is 18.2 Å². The second-order valence-electron chi connectivity index (χ2n) is 5.08. The van der Waals surface area contributed by atoms with Gasteiger partial charge in [-0.3, -0.25) is 4.79 Å². The molecule has 2 aromatic carbocycles. The number of rotatable bonds is 5. The molecule has 1 atom stereocenters. The van der Waals surface area contributed by atoms with Crippen molar-refractivity contribution in [3.63, 3.8) is 0 Å². The molecule has 0 aromatic heterocycles. The van der Waals surface area contributed by atoms with Crippen molar-refractivity contribution < 1.29 is 23.3 Å². The third-order valence-corrected chi connectivity index (χ3v) is 3.62. The third kappa shape index (κ3) is 4.71. The lowest BCUT2D eigenvalue weighted by Crippen LogP contribution is -2.86. The molecule has 0 unspecified atom stereocenters. The summed E-state index contributed by atoms with van der Waals surface area (Å²) in [6.07, 6.45) is 0. The van der Waals surface area contributed by atoms with Crippen LogP contribution in [-0.2, 0) is 4.79 Å². The number of hydrogen-bond acceptors (Lipinski definition) is 1. The maximum Gasteiger partial charge on any atom is 0.279 e. The molecule has 0 spiro atoms. The Balaban J connectivity index is 1.90. The van der Waals surface area contributed by atoms with Gasteiger partial charge in [-0.2, -0.15) is 0 Å². The minimum Gasteiger partial charge on any atom is -0.333 e. The lowest BCUT2D eigenvalue weighted by atomic mass is 10.1. The third-order valence-electron chi connectivity index (χ3n) is 3.33. The van der Waals surface area contributed by atoms with E-state index in [0.29, 0.717) is 11.3 Å². The molecule has 2 aromatic rings. The smallest absolute Gasteiger partial charge is 0.279 e. The van der Waals surface area contributed by atoms with Gasteiger partial charge in [0.1, 0.15) is 11.9 Å². The summed E-state index contributed by atoms with van der Waals surface area (Å²) in [6.45, 7) is 1.84. The fourth-order valence-corrected chi connectivity index (χ4v) is 2.18. The maximum atomic E-state index is 13.2. The summed E-state index contributed by atoms with van der Waals surface area (Å²) in [5.41, 5.74) is 0.955. The molecule has 0 saturated heterocycles. The van der Waals surface area contributed by atoms with Crippen LogP contribution in [-0.4, -0.2) is 12.5 Å². The van der Waals surface area contributed by atoms with Gasteiger partial charge in [0.2, 0.25) is 0 Å². The summed E-state index contributed by atoms with van der Waals surface area (Å²) in [5, 5.41) is 4.17. The van der Waals surface area contributed by atoms with Crippen molar-refractivity contribution in [1.82, 2.24) is 0 Å². The Hall–Kier alpha value is -2.05. The average molecular weight is 344 g/mol. The van der Waals surface area contributed by atoms with Crippen molar-refractivity contribution in [2.24, 2.45) is 0 Å². The number of anilines is 1. The van der Waals surface area contributed by atoms with Gasteiger partial charge in [-0.25, -0.2) is 13.2 Å². The van der Waals surface area contributed by atoms with Gasteiger partial charge in [0, 0.05) is 11.3 Å². The fourth-order valence-electron chi connectivity index (χ4n) is 2.00. The van der Waals surface area contributed by atoms with Crippen LogP contribution in [0.5, 0.6) is 0 Å². The summed E-state index contributed by atoms with van der Waals surface area (Å²) in [4.78, 5) is 11.9. The summed E-state index contributed by atoms with van der Waals surface area (Å²) in [7, 11) is 0. The van der Waals surface area contributed by atoms with Gasteiger partial charge in [-0.05, 0) is 43.3 Å². The zero-order valence-electron chi connectivity index (χ0n) is 12.2. The van der Waals surface area contributed by atoms with Crippen LogP contribution < -0.4 is 10.6 Å². The lowest BCUT2D eigenvalue weighted by Gasteiger charge is -2.11. The zero-order chi connectivity index (χ0) is 17.0. The van der Waals surface area contributed by atoms with E-state index in [-0.39, 0.29) is 23.5 Å². The van der Waals surface area contributed by atoms with Gasteiger partial charge in [-0.1, -0.05) is 11.6 Å². The van der Waals surface area contributed by atoms with Crippen LogP contribution in [0, 0.1) is 17.5 Å². The van der Waals surface area contributed by atoms with Gasteiger partial charge in [-0.15, -0.1) is 0 Å². The van der Waals surface area contributed by atoms with Crippen molar-refractivity contribution in [3.05, 3.63) is 64.4 Å². The van der Waals surface area contributed by atoms with Crippen LogP contribution in [0.1, 0.15) is 18.5 Å². The van der Waals surface area contributed by atoms with E-state index in [1.807, 2.05) is 0 Å². The molecule has 0 saturated carbocycles. The van der Waals surface area contributed by atoms with Crippen molar-refractivity contribution >= 4 is 23.2 Å². The average Bonchev–Trinajstić information content (AvgIpc) is 2.51. The number of halogens is 4. The molecule has 0 aliphatic heterocycles. The number of carbonyl (C=O) groups is 1. The van der Waals surface area contributed by atoms with Crippen LogP contribution in [0.4, 0.5) is 18.9 Å². The first-order valence-electron chi connectivity index (χ1n) is 6.90. The Bertz CT molecular complexity index is 724. The molecule has 3 N–H and O–H groups in total. The Morgan fingerprint density at radius 3 is 2.48 bits per heavy atom. The monoisotopic (exact) mass is 343 g/mol. The Morgan fingerprint density at radius 2 is 1.83 bits per heavy atom. The van der Waals surface area contributed by atoms with Crippen LogP contribution in [0.2, 0.25) is 5.02 Å². The molecular formula is C16H15ClF3N2O+. The Morgan fingerprint density at radius 1 is 1.13 bits per heavy atom. The van der Waals surface area contributed by atoms with Gasteiger partial charge < -0.3 is 10.6 Å². The van der Waals surface area contributed by atoms with Gasteiger partial charge in [0.05, 0.1) is 5.02 Å². The molecule has 7 heteroatoms. The predicted octanol–water partition coefficient (Wildman–Crippen LogP) is 3.02. The van der Waals surface area contributed by atoms with E-state index in [0.717, 1.165) is 18.2 Å². The highest BCUT2D eigenvalue weighted by Gasteiger charge is 2.14. The molecule has 3 nitrogen and oxygen atoms in total. The van der Waals surface area contributed by atoms with Crippen LogP contribution in [0.25, 0.3) is 0 Å². The van der Waals surface area contributed by atoms with Crippen molar-refractivity contribution in [2.45, 2.75) is 13.0 Å². The lowest BCUT2D eigenvalue weighted by molar-refractivity contribution is -0.682. The highest BCUT2D eigenvalue weighted by Crippen LogP contribution is 2.19. The van der Waals surface area contributed by atoms with E-state index in [9.17, 15) is 18.0 Å². The fraction of sp³-hybridized carbons (Fsp3) is 0.188. The van der Waals surface area contributed by atoms with E-state index in [2.05, 4.69) is 5.32 Å². The standard InChI is InChI=1S/C16H14ClF3N2O/c1-9(10-2-4-14(19)15(20)6-10)21-8-16(23)22-11-3-5-13(18)12(17)7-11/h2-7,9,21H,8H2,1H3,(H,22,23)/p+1/t9-/m0/s1. The first-order valence-corrected chi connectivity index (χ1v) is 7.28. The number of benzene rings is 2. The number of quaternary nitrogens is 1. The number of amides is 1. The molecule has 0 fully saturated rings.